The standard InChI is InChI=1S/C26H23N3O3/c1-32-20-11-7-10-19(16-20)25(30)27-14-15-28-26(31)22-17-24(18-8-3-2-4-9-18)29-23-13-6-5-12-21(22)23/h2-13,16-17H,14-15H2,1H3,(H,27,30)(H,28,31). The second kappa shape index (κ2) is 9.75. The Labute approximate surface area is 186 Å². The van der Waals surface area contributed by atoms with Gasteiger partial charge in [-0.25, -0.2) is 4.98 Å². The van der Waals surface area contributed by atoms with Crippen molar-refractivity contribution < 1.29 is 14.3 Å². The molecule has 1 aromatic heterocycles. The highest BCUT2D eigenvalue weighted by atomic mass is 16.5. The molecule has 160 valence electrons. The van der Waals surface area contributed by atoms with Gasteiger partial charge in [-0.2, -0.15) is 0 Å². The summed E-state index contributed by atoms with van der Waals surface area (Å²) < 4.78 is 5.15. The van der Waals surface area contributed by atoms with Gasteiger partial charge in [-0.3, -0.25) is 9.59 Å². The molecule has 0 saturated heterocycles. The normalized spacial score (nSPS) is 10.5. The lowest BCUT2D eigenvalue weighted by molar-refractivity contribution is 0.0928. The molecule has 6 heteroatoms. The smallest absolute Gasteiger partial charge is 0.252 e. The molecular formula is C26H23N3O3. The monoisotopic (exact) mass is 425 g/mol. The Morgan fingerprint density at radius 3 is 2.31 bits per heavy atom. The highest BCUT2D eigenvalue weighted by Gasteiger charge is 2.14. The molecule has 0 aliphatic rings. The number of carbonyl (C=O) groups is 2. The lowest BCUT2D eigenvalue weighted by Gasteiger charge is -2.11. The van der Waals surface area contributed by atoms with Crippen molar-refractivity contribution in [3.05, 3.63) is 96.1 Å². The number of hydrogen-bond donors (Lipinski definition) is 2. The van der Waals surface area contributed by atoms with Gasteiger partial charge in [-0.1, -0.05) is 54.6 Å². The molecule has 4 rings (SSSR count). The average Bonchev–Trinajstić information content (AvgIpc) is 2.86. The van der Waals surface area contributed by atoms with Crippen LogP contribution < -0.4 is 15.4 Å². The SMILES string of the molecule is COc1cccc(C(=O)NCCNC(=O)c2cc(-c3ccccc3)nc3ccccc23)c1. The maximum Gasteiger partial charge on any atom is 0.252 e. The van der Waals surface area contributed by atoms with Gasteiger partial charge in [0.1, 0.15) is 5.75 Å². The number of para-hydroxylation sites is 1. The van der Waals surface area contributed by atoms with Crippen molar-refractivity contribution in [3.63, 3.8) is 0 Å². The number of hydrogen-bond acceptors (Lipinski definition) is 4. The molecule has 0 atom stereocenters. The molecule has 6 nitrogen and oxygen atoms in total. The van der Waals surface area contributed by atoms with Crippen molar-refractivity contribution in [2.24, 2.45) is 0 Å². The number of pyridine rings is 1. The van der Waals surface area contributed by atoms with Gasteiger partial charge in [0.2, 0.25) is 0 Å². The minimum atomic E-state index is -0.223. The molecule has 0 fully saturated rings. The van der Waals surface area contributed by atoms with Gasteiger partial charge < -0.3 is 15.4 Å². The van der Waals surface area contributed by atoms with E-state index in [9.17, 15) is 9.59 Å². The Morgan fingerprint density at radius 2 is 1.53 bits per heavy atom. The first kappa shape index (κ1) is 21.1. The van der Waals surface area contributed by atoms with Crippen molar-refractivity contribution in [2.75, 3.05) is 20.2 Å². The summed E-state index contributed by atoms with van der Waals surface area (Å²) in [5.41, 5.74) is 3.49. The first-order chi connectivity index (χ1) is 15.7. The van der Waals surface area contributed by atoms with Crippen LogP contribution in [0.5, 0.6) is 5.75 Å². The first-order valence-corrected chi connectivity index (χ1v) is 10.3. The number of ether oxygens (including phenoxy) is 1. The Morgan fingerprint density at radius 1 is 0.812 bits per heavy atom. The second-order valence-electron chi connectivity index (χ2n) is 7.18. The van der Waals surface area contributed by atoms with Gasteiger partial charge in [0.15, 0.2) is 0 Å². The predicted octanol–water partition coefficient (Wildman–Crippen LogP) is 4.07. The van der Waals surface area contributed by atoms with Crippen LogP contribution in [0.15, 0.2) is 84.9 Å². The molecule has 2 amide bonds. The fourth-order valence-electron chi connectivity index (χ4n) is 3.43. The van der Waals surface area contributed by atoms with Crippen LogP contribution in [0.1, 0.15) is 20.7 Å². The fraction of sp³-hybridized carbons (Fsp3) is 0.115. The maximum absolute atomic E-state index is 13.0. The summed E-state index contributed by atoms with van der Waals surface area (Å²) in [4.78, 5) is 30.0. The molecule has 0 saturated carbocycles. The Hall–Kier alpha value is -4.19. The molecule has 0 aliphatic carbocycles. The van der Waals surface area contributed by atoms with Crippen molar-refractivity contribution in [1.29, 1.82) is 0 Å². The van der Waals surface area contributed by atoms with E-state index in [-0.39, 0.29) is 11.8 Å². The number of amides is 2. The molecule has 0 spiro atoms. The molecule has 0 aliphatic heterocycles. The third-order valence-electron chi connectivity index (χ3n) is 5.06. The predicted molar refractivity (Wildman–Crippen MR) is 125 cm³/mol. The van der Waals surface area contributed by atoms with E-state index in [1.165, 1.54) is 0 Å². The molecular weight excluding hydrogens is 402 g/mol. The lowest BCUT2D eigenvalue weighted by atomic mass is 10.0. The minimum absolute atomic E-state index is 0.212. The van der Waals surface area contributed by atoms with Crippen molar-refractivity contribution in [1.82, 2.24) is 15.6 Å². The molecule has 0 unspecified atom stereocenters. The van der Waals surface area contributed by atoms with Crippen LogP contribution in [0.3, 0.4) is 0 Å². The van der Waals surface area contributed by atoms with Crippen LogP contribution in [0.25, 0.3) is 22.2 Å². The number of fused-ring (bicyclic) bond motifs is 1. The third kappa shape index (κ3) is 4.75. The fourth-order valence-corrected chi connectivity index (χ4v) is 3.43. The van der Waals surface area contributed by atoms with Crippen LogP contribution in [-0.2, 0) is 0 Å². The molecule has 3 aromatic carbocycles. The van der Waals surface area contributed by atoms with E-state index in [4.69, 9.17) is 9.72 Å². The van der Waals surface area contributed by atoms with Crippen LogP contribution in [-0.4, -0.2) is 37.0 Å². The highest BCUT2D eigenvalue weighted by Crippen LogP contribution is 2.24. The maximum atomic E-state index is 13.0. The highest BCUT2D eigenvalue weighted by molar-refractivity contribution is 6.07. The largest absolute Gasteiger partial charge is 0.497 e. The number of carbonyl (C=O) groups excluding carboxylic acids is 2. The number of aromatic nitrogens is 1. The zero-order valence-corrected chi connectivity index (χ0v) is 17.7. The van der Waals surface area contributed by atoms with Crippen LogP contribution in [0.4, 0.5) is 0 Å². The Balaban J connectivity index is 1.45. The van der Waals surface area contributed by atoms with E-state index in [0.29, 0.717) is 30.0 Å². The number of methoxy groups -OCH3 is 1. The molecule has 4 aromatic rings. The first-order valence-electron chi connectivity index (χ1n) is 10.3. The Bertz CT molecular complexity index is 1260. The molecule has 0 radical (unpaired) electrons. The zero-order valence-electron chi connectivity index (χ0n) is 17.7. The lowest BCUT2D eigenvalue weighted by Crippen LogP contribution is -2.34. The van der Waals surface area contributed by atoms with E-state index in [1.54, 1.807) is 31.4 Å². The number of rotatable bonds is 7. The van der Waals surface area contributed by atoms with Crippen LogP contribution in [0.2, 0.25) is 0 Å². The topological polar surface area (TPSA) is 80.3 Å². The molecule has 0 bridgehead atoms. The molecule has 2 N–H and O–H groups in total. The summed E-state index contributed by atoms with van der Waals surface area (Å²) in [7, 11) is 1.55. The summed E-state index contributed by atoms with van der Waals surface area (Å²) in [5, 5.41) is 6.49. The second-order valence-corrected chi connectivity index (χ2v) is 7.18. The summed E-state index contributed by atoms with van der Waals surface area (Å²) in [5.74, 6) is 0.181. The van der Waals surface area contributed by atoms with E-state index in [1.807, 2.05) is 60.7 Å². The zero-order chi connectivity index (χ0) is 22.3. The number of benzene rings is 3. The minimum Gasteiger partial charge on any atom is -0.497 e. The summed E-state index contributed by atoms with van der Waals surface area (Å²) in [6, 6.07) is 26.1. The van der Waals surface area contributed by atoms with Gasteiger partial charge >= 0.3 is 0 Å². The summed E-state index contributed by atoms with van der Waals surface area (Å²) in [6.45, 7) is 0.599. The van der Waals surface area contributed by atoms with Gasteiger partial charge in [-0.05, 0) is 30.3 Å². The van der Waals surface area contributed by atoms with Gasteiger partial charge in [0.25, 0.3) is 11.8 Å². The average molecular weight is 425 g/mol. The van der Waals surface area contributed by atoms with E-state index < -0.39 is 0 Å². The van der Waals surface area contributed by atoms with Crippen molar-refractivity contribution >= 4 is 22.7 Å². The summed E-state index contributed by atoms with van der Waals surface area (Å²) in [6.07, 6.45) is 0. The number of nitrogens with zero attached hydrogens (tertiary/aromatic N) is 1. The summed E-state index contributed by atoms with van der Waals surface area (Å²) >= 11 is 0. The third-order valence-corrected chi connectivity index (χ3v) is 5.06. The quantitative estimate of drug-likeness (QED) is 0.438. The van der Waals surface area contributed by atoms with Crippen molar-refractivity contribution in [3.8, 4) is 17.0 Å². The van der Waals surface area contributed by atoms with Gasteiger partial charge in [-0.15, -0.1) is 0 Å². The van der Waals surface area contributed by atoms with Crippen LogP contribution >= 0.6 is 0 Å². The van der Waals surface area contributed by atoms with E-state index in [2.05, 4.69) is 10.6 Å². The molecule has 1 heterocycles. The molecule has 32 heavy (non-hydrogen) atoms. The van der Waals surface area contributed by atoms with Crippen molar-refractivity contribution in [2.45, 2.75) is 0 Å². The Kier molecular flexibility index (Phi) is 6.41. The van der Waals surface area contributed by atoms with E-state index >= 15 is 0 Å². The van der Waals surface area contributed by atoms with E-state index in [0.717, 1.165) is 22.2 Å². The van der Waals surface area contributed by atoms with Gasteiger partial charge in [0.05, 0.1) is 23.9 Å². The van der Waals surface area contributed by atoms with Gasteiger partial charge in [0, 0.05) is 29.6 Å². The number of nitrogens with one attached hydrogen (secondary N) is 2. The van der Waals surface area contributed by atoms with Crippen LogP contribution in [0, 0.1) is 0 Å².